The van der Waals surface area contributed by atoms with E-state index in [1.807, 2.05) is 13.8 Å². The fourth-order valence-electron chi connectivity index (χ4n) is 2.36. The third kappa shape index (κ3) is 2.23. The molecule has 98 valence electrons. The molecule has 1 aromatic rings. The second-order valence-electron chi connectivity index (χ2n) is 5.17. The Kier molecular flexibility index (Phi) is 3.36. The van der Waals surface area contributed by atoms with Crippen molar-refractivity contribution in [3.8, 4) is 0 Å². The van der Waals surface area contributed by atoms with Crippen molar-refractivity contribution in [3.05, 3.63) is 35.6 Å². The van der Waals surface area contributed by atoms with Gasteiger partial charge in [0.25, 0.3) is 0 Å². The molecule has 0 aliphatic carbocycles. The van der Waals surface area contributed by atoms with E-state index in [4.69, 9.17) is 5.11 Å². The number of hydrazine groups is 1. The van der Waals surface area contributed by atoms with Gasteiger partial charge in [-0.25, -0.2) is 9.82 Å². The normalized spacial score (nSPS) is 24.2. The summed E-state index contributed by atoms with van der Waals surface area (Å²) in [7, 11) is 0. The molecule has 2 unspecified atom stereocenters. The van der Waals surface area contributed by atoms with E-state index in [0.29, 0.717) is 12.0 Å². The Hall–Kier alpha value is -1.46. The molecule has 0 saturated carbocycles. The Morgan fingerprint density at radius 2 is 2.06 bits per heavy atom. The lowest BCUT2D eigenvalue weighted by molar-refractivity contribution is -0.139. The van der Waals surface area contributed by atoms with Gasteiger partial charge in [0.2, 0.25) is 0 Å². The van der Waals surface area contributed by atoms with Gasteiger partial charge < -0.3 is 5.11 Å². The number of rotatable bonds is 3. The lowest BCUT2D eigenvalue weighted by Crippen LogP contribution is -2.44. The minimum absolute atomic E-state index is 0.129. The number of carboxylic acids is 1. The summed E-state index contributed by atoms with van der Waals surface area (Å²) in [5, 5.41) is 8.95. The van der Waals surface area contributed by atoms with Crippen LogP contribution in [0.3, 0.4) is 0 Å². The van der Waals surface area contributed by atoms with Crippen LogP contribution in [0, 0.1) is 5.82 Å². The zero-order valence-corrected chi connectivity index (χ0v) is 10.4. The summed E-state index contributed by atoms with van der Waals surface area (Å²) in [5.41, 5.74) is 5.80. The van der Waals surface area contributed by atoms with Crippen molar-refractivity contribution in [1.82, 2.24) is 10.9 Å². The van der Waals surface area contributed by atoms with Crippen LogP contribution in [0.5, 0.6) is 0 Å². The molecule has 0 radical (unpaired) electrons. The minimum atomic E-state index is -0.894. The first-order chi connectivity index (χ1) is 8.43. The maximum atomic E-state index is 13.8. The molecule has 1 heterocycles. The number of hydrogen-bond donors (Lipinski definition) is 3. The topological polar surface area (TPSA) is 61.4 Å². The fraction of sp³-hybridized carbons (Fsp3) is 0.462. The summed E-state index contributed by atoms with van der Waals surface area (Å²) in [6, 6.07) is 5.85. The molecule has 5 heteroatoms. The molecule has 0 bridgehead atoms. The predicted octanol–water partition coefficient (Wildman–Crippen LogP) is 1.42. The molecule has 1 aliphatic heterocycles. The van der Waals surface area contributed by atoms with E-state index in [1.54, 1.807) is 18.2 Å². The molecular formula is C13H17FN2O2. The molecule has 18 heavy (non-hydrogen) atoms. The summed E-state index contributed by atoms with van der Waals surface area (Å²) in [6.07, 6.45) is 0.427. The molecule has 0 amide bonds. The van der Waals surface area contributed by atoms with Gasteiger partial charge in [-0.2, -0.15) is 0 Å². The van der Waals surface area contributed by atoms with Crippen LogP contribution in [0.15, 0.2) is 24.3 Å². The lowest BCUT2D eigenvalue weighted by atomic mass is 9.76. The summed E-state index contributed by atoms with van der Waals surface area (Å²) in [4.78, 5) is 10.9. The van der Waals surface area contributed by atoms with E-state index < -0.39 is 17.4 Å². The van der Waals surface area contributed by atoms with Crippen LogP contribution in [-0.2, 0) is 10.2 Å². The van der Waals surface area contributed by atoms with Gasteiger partial charge in [-0.3, -0.25) is 10.2 Å². The highest BCUT2D eigenvalue weighted by atomic mass is 19.1. The largest absolute Gasteiger partial charge is 0.480 e. The Morgan fingerprint density at radius 1 is 1.39 bits per heavy atom. The van der Waals surface area contributed by atoms with Gasteiger partial charge in [0.1, 0.15) is 11.9 Å². The van der Waals surface area contributed by atoms with Crippen LogP contribution in [-0.4, -0.2) is 23.2 Å². The quantitative estimate of drug-likeness (QED) is 0.761. The first-order valence-electron chi connectivity index (χ1n) is 5.92. The number of aliphatic carboxylic acids is 1. The van der Waals surface area contributed by atoms with Crippen molar-refractivity contribution in [2.45, 2.75) is 37.8 Å². The van der Waals surface area contributed by atoms with E-state index in [9.17, 15) is 9.18 Å². The first kappa shape index (κ1) is 13.0. The molecule has 2 atom stereocenters. The van der Waals surface area contributed by atoms with Gasteiger partial charge in [0.05, 0.1) is 0 Å². The van der Waals surface area contributed by atoms with Crippen molar-refractivity contribution in [2.75, 3.05) is 0 Å². The zero-order chi connectivity index (χ0) is 13.3. The van der Waals surface area contributed by atoms with Gasteiger partial charge in [-0.1, -0.05) is 32.0 Å². The predicted molar refractivity (Wildman–Crippen MR) is 65.5 cm³/mol. The molecule has 0 spiro atoms. The maximum absolute atomic E-state index is 13.8. The van der Waals surface area contributed by atoms with Crippen LogP contribution in [0.4, 0.5) is 4.39 Å². The number of nitrogens with one attached hydrogen (secondary N) is 2. The molecule has 2 rings (SSSR count). The fourth-order valence-corrected chi connectivity index (χ4v) is 2.36. The Bertz CT molecular complexity index is 462. The van der Waals surface area contributed by atoms with E-state index >= 15 is 0 Å². The zero-order valence-electron chi connectivity index (χ0n) is 10.4. The molecular weight excluding hydrogens is 235 g/mol. The van der Waals surface area contributed by atoms with Crippen LogP contribution in [0.1, 0.15) is 25.8 Å². The van der Waals surface area contributed by atoms with Gasteiger partial charge in [-0.05, 0) is 18.1 Å². The number of carbonyl (C=O) groups is 1. The second kappa shape index (κ2) is 4.66. The highest BCUT2D eigenvalue weighted by Gasteiger charge is 2.40. The molecule has 3 N–H and O–H groups in total. The van der Waals surface area contributed by atoms with Gasteiger partial charge in [0, 0.05) is 11.5 Å². The smallest absolute Gasteiger partial charge is 0.322 e. The molecule has 0 aromatic heterocycles. The SMILES string of the molecule is CC(C)(c1ccccc1F)C1CC(C(=O)O)NN1. The number of carboxylic acid groups (broad SMARTS) is 1. The number of benzene rings is 1. The average molecular weight is 252 g/mol. The summed E-state index contributed by atoms with van der Waals surface area (Å²) in [6.45, 7) is 3.82. The maximum Gasteiger partial charge on any atom is 0.322 e. The second-order valence-corrected chi connectivity index (χ2v) is 5.17. The van der Waals surface area contributed by atoms with Gasteiger partial charge in [0.15, 0.2) is 0 Å². The van der Waals surface area contributed by atoms with Crippen molar-refractivity contribution in [2.24, 2.45) is 0 Å². The Morgan fingerprint density at radius 3 is 2.61 bits per heavy atom. The third-order valence-electron chi connectivity index (χ3n) is 3.64. The van der Waals surface area contributed by atoms with E-state index in [-0.39, 0.29) is 11.9 Å². The highest BCUT2D eigenvalue weighted by Crippen LogP contribution is 2.32. The standard InChI is InChI=1S/C13H17FN2O2/c1-13(2,8-5-3-4-6-9(8)14)11-7-10(12(17)18)15-16-11/h3-6,10-11,15-16H,7H2,1-2H3,(H,17,18). The highest BCUT2D eigenvalue weighted by molar-refractivity contribution is 5.73. The summed E-state index contributed by atoms with van der Waals surface area (Å²) in [5.74, 6) is -1.16. The summed E-state index contributed by atoms with van der Waals surface area (Å²) < 4.78 is 13.8. The lowest BCUT2D eigenvalue weighted by Gasteiger charge is -2.32. The molecule has 1 aliphatic rings. The van der Waals surface area contributed by atoms with Crippen LogP contribution in [0.25, 0.3) is 0 Å². The minimum Gasteiger partial charge on any atom is -0.480 e. The van der Waals surface area contributed by atoms with Crippen molar-refractivity contribution in [1.29, 1.82) is 0 Å². The summed E-state index contributed by atoms with van der Waals surface area (Å²) >= 11 is 0. The number of halogens is 1. The van der Waals surface area contributed by atoms with Gasteiger partial charge in [-0.15, -0.1) is 0 Å². The molecule has 1 fully saturated rings. The van der Waals surface area contributed by atoms with Crippen LogP contribution in [0.2, 0.25) is 0 Å². The monoisotopic (exact) mass is 252 g/mol. The molecule has 4 nitrogen and oxygen atoms in total. The first-order valence-corrected chi connectivity index (χ1v) is 5.92. The van der Waals surface area contributed by atoms with Crippen molar-refractivity contribution >= 4 is 5.97 Å². The van der Waals surface area contributed by atoms with Gasteiger partial charge >= 0.3 is 5.97 Å². The molecule has 1 saturated heterocycles. The van der Waals surface area contributed by atoms with Crippen LogP contribution < -0.4 is 10.9 Å². The average Bonchev–Trinajstić information content (AvgIpc) is 2.79. The Labute approximate surface area is 105 Å². The third-order valence-corrected chi connectivity index (χ3v) is 3.64. The van der Waals surface area contributed by atoms with E-state index in [1.165, 1.54) is 6.07 Å². The van der Waals surface area contributed by atoms with Crippen molar-refractivity contribution in [3.63, 3.8) is 0 Å². The van der Waals surface area contributed by atoms with E-state index in [0.717, 1.165) is 0 Å². The Balaban J connectivity index is 2.22. The van der Waals surface area contributed by atoms with Crippen molar-refractivity contribution < 1.29 is 14.3 Å². The number of hydrogen-bond acceptors (Lipinski definition) is 3. The molecule has 1 aromatic carbocycles. The van der Waals surface area contributed by atoms with Crippen LogP contribution >= 0.6 is 0 Å². The van der Waals surface area contributed by atoms with E-state index in [2.05, 4.69) is 10.9 Å².